The number of carboxylic acids is 1. The van der Waals surface area contributed by atoms with E-state index in [-0.39, 0.29) is 0 Å². The standard InChI is InChI=1S/C6H10N2.C3H7NO2/c1-3-6-7-4-5-8(6)2;1-2(4)3(5)6/h4-5H,3H2,1-2H3;2H,4H2,1H3,(H,5,6)/t;2-/m.0/s1. The summed E-state index contributed by atoms with van der Waals surface area (Å²) < 4.78 is 2.08. The highest BCUT2D eigenvalue weighted by Gasteiger charge is 1.99. The van der Waals surface area contributed by atoms with Crippen molar-refractivity contribution in [3.63, 3.8) is 0 Å². The zero-order chi connectivity index (χ0) is 11.1. The number of carbonyl (C=O) groups excluding carboxylic acids is 1. The summed E-state index contributed by atoms with van der Waals surface area (Å²) in [6.45, 7) is 3.49. The Bertz CT molecular complexity index is 281. The molecule has 5 heteroatoms. The molecule has 5 nitrogen and oxygen atoms in total. The van der Waals surface area contributed by atoms with Gasteiger partial charge < -0.3 is 15.6 Å². The number of nitrogens with zero attached hydrogens (tertiary/aromatic N) is 1. The first-order valence-electron chi connectivity index (χ1n) is 4.47. The molecular formula is C9H17N3O2. The number of hydrogen-bond acceptors (Lipinski definition) is 3. The van der Waals surface area contributed by atoms with Crippen LogP contribution in [0, 0.1) is 0 Å². The fourth-order valence-electron chi connectivity index (χ4n) is 0.789. The van der Waals surface area contributed by atoms with Crippen molar-refractivity contribution in [2.75, 3.05) is 0 Å². The van der Waals surface area contributed by atoms with E-state index in [0.717, 1.165) is 6.42 Å². The van der Waals surface area contributed by atoms with Gasteiger partial charge in [-0.2, -0.15) is 0 Å². The average Bonchev–Trinajstić information content (AvgIpc) is 2.51. The minimum atomic E-state index is -1.21. The van der Waals surface area contributed by atoms with Gasteiger partial charge in [0.1, 0.15) is 12.4 Å². The Balaban J connectivity index is 0.000000255. The van der Waals surface area contributed by atoms with Crippen molar-refractivity contribution >= 4 is 5.97 Å². The van der Waals surface area contributed by atoms with Crippen LogP contribution in [-0.4, -0.2) is 17.0 Å². The second-order valence-corrected chi connectivity index (χ2v) is 2.98. The molecule has 3 N–H and O–H groups in total. The highest BCUT2D eigenvalue weighted by molar-refractivity contribution is 5.70. The second-order valence-electron chi connectivity index (χ2n) is 2.98. The third-order valence-corrected chi connectivity index (χ3v) is 1.68. The molecule has 0 saturated heterocycles. The van der Waals surface area contributed by atoms with Crippen LogP contribution in [0.1, 0.15) is 19.7 Å². The maximum atomic E-state index is 9.46. The molecule has 1 heterocycles. The van der Waals surface area contributed by atoms with Crippen LogP contribution in [0.5, 0.6) is 0 Å². The Morgan fingerprint density at radius 1 is 1.79 bits per heavy atom. The number of aromatic nitrogens is 2. The normalized spacial score (nSPS) is 11.4. The molecule has 0 saturated carbocycles. The van der Waals surface area contributed by atoms with Crippen LogP contribution in [-0.2, 0) is 18.3 Å². The van der Waals surface area contributed by atoms with E-state index in [1.807, 2.05) is 19.4 Å². The van der Waals surface area contributed by atoms with E-state index in [2.05, 4.69) is 16.5 Å². The molecule has 0 unspecified atom stereocenters. The van der Waals surface area contributed by atoms with Gasteiger partial charge in [-0.1, -0.05) is 6.92 Å². The zero-order valence-corrected chi connectivity index (χ0v) is 8.78. The van der Waals surface area contributed by atoms with Gasteiger partial charge in [0.2, 0.25) is 0 Å². The fourth-order valence-corrected chi connectivity index (χ4v) is 0.789. The molecule has 1 atom stereocenters. The second kappa shape index (κ2) is 6.15. The molecule has 1 aromatic rings. The van der Waals surface area contributed by atoms with Gasteiger partial charge in [-0.15, -0.1) is 0 Å². The van der Waals surface area contributed by atoms with E-state index in [1.54, 1.807) is 0 Å². The number of carboxylic acid groups (broad SMARTS) is 1. The number of hydrogen-bond donors (Lipinski definition) is 2. The monoisotopic (exact) mass is 199 g/mol. The molecular weight excluding hydrogens is 182 g/mol. The molecule has 1 aromatic heterocycles. The molecule has 80 valence electrons. The minimum Gasteiger partial charge on any atom is -0.548 e. The van der Waals surface area contributed by atoms with Crippen LogP contribution in [0.3, 0.4) is 0 Å². The molecule has 0 radical (unpaired) electrons. The summed E-state index contributed by atoms with van der Waals surface area (Å²) in [5.41, 5.74) is 4.77. The number of imidazole rings is 1. The quantitative estimate of drug-likeness (QED) is 0.567. The van der Waals surface area contributed by atoms with Gasteiger partial charge in [-0.3, -0.25) is 0 Å². The van der Waals surface area contributed by atoms with Crippen LogP contribution in [0.2, 0.25) is 0 Å². The van der Waals surface area contributed by atoms with Crippen LogP contribution in [0.4, 0.5) is 0 Å². The van der Waals surface area contributed by atoms with Crippen molar-refractivity contribution in [2.24, 2.45) is 12.8 Å². The van der Waals surface area contributed by atoms with Gasteiger partial charge in [-0.05, 0) is 6.92 Å². The van der Waals surface area contributed by atoms with E-state index in [0.29, 0.717) is 0 Å². The maximum Gasteiger partial charge on any atom is 0.253 e. The van der Waals surface area contributed by atoms with Crippen molar-refractivity contribution < 1.29 is 14.5 Å². The van der Waals surface area contributed by atoms with Gasteiger partial charge >= 0.3 is 0 Å². The first-order valence-corrected chi connectivity index (χ1v) is 4.47. The summed E-state index contributed by atoms with van der Waals surface area (Å²) in [6, 6.07) is -0.843. The SMILES string of the molecule is CCc1[nH]cc[n+]1C.C[C@H](N)C(=O)[O-]. The van der Waals surface area contributed by atoms with E-state index in [4.69, 9.17) is 5.73 Å². The lowest BCUT2D eigenvalue weighted by Crippen LogP contribution is -2.39. The summed E-state index contributed by atoms with van der Waals surface area (Å²) in [5.74, 6) is 0.0556. The predicted octanol–water partition coefficient (Wildman–Crippen LogP) is -1.51. The van der Waals surface area contributed by atoms with E-state index < -0.39 is 12.0 Å². The minimum absolute atomic E-state index is 0.843. The third kappa shape index (κ3) is 4.61. The molecule has 1 rings (SSSR count). The molecule has 0 spiro atoms. The Hall–Kier alpha value is -1.36. The Kier molecular flexibility index (Phi) is 5.55. The number of nitrogens with one attached hydrogen (secondary N) is 1. The molecule has 0 aromatic carbocycles. The molecule has 0 aliphatic heterocycles. The zero-order valence-electron chi connectivity index (χ0n) is 8.78. The summed E-state index contributed by atoms with van der Waals surface area (Å²) in [6.07, 6.45) is 5.03. The van der Waals surface area contributed by atoms with Gasteiger partial charge in [0.15, 0.2) is 0 Å². The lowest BCUT2D eigenvalue weighted by molar-refractivity contribution is -0.677. The molecule has 0 amide bonds. The fraction of sp³-hybridized carbons (Fsp3) is 0.556. The molecule has 14 heavy (non-hydrogen) atoms. The largest absolute Gasteiger partial charge is 0.548 e. The molecule has 0 aliphatic rings. The number of aliphatic carboxylic acids is 1. The van der Waals surface area contributed by atoms with Gasteiger partial charge in [-0.25, -0.2) is 9.55 Å². The molecule has 0 aliphatic carbocycles. The van der Waals surface area contributed by atoms with Crippen LogP contribution in [0.25, 0.3) is 0 Å². The molecule has 0 fully saturated rings. The lowest BCUT2D eigenvalue weighted by atomic mass is 10.4. The Morgan fingerprint density at radius 2 is 2.29 bits per heavy atom. The number of aryl methyl sites for hydroxylation is 2. The third-order valence-electron chi connectivity index (χ3n) is 1.68. The highest BCUT2D eigenvalue weighted by atomic mass is 16.4. The number of nitrogens with two attached hydrogens (primary N) is 1. The molecule has 0 bridgehead atoms. The first kappa shape index (κ1) is 12.6. The summed E-state index contributed by atoms with van der Waals surface area (Å²) in [7, 11) is 2.04. The van der Waals surface area contributed by atoms with Crippen molar-refractivity contribution in [3.05, 3.63) is 18.2 Å². The smallest absolute Gasteiger partial charge is 0.253 e. The lowest BCUT2D eigenvalue weighted by Gasteiger charge is -2.01. The van der Waals surface area contributed by atoms with Crippen LogP contribution in [0.15, 0.2) is 12.4 Å². The predicted molar refractivity (Wildman–Crippen MR) is 50.0 cm³/mol. The number of H-pyrrole nitrogens is 1. The van der Waals surface area contributed by atoms with Crippen LogP contribution >= 0.6 is 0 Å². The summed E-state index contributed by atoms with van der Waals surface area (Å²) in [4.78, 5) is 12.6. The Morgan fingerprint density at radius 3 is 2.43 bits per heavy atom. The first-order chi connectivity index (χ1) is 6.49. The van der Waals surface area contributed by atoms with Crippen molar-refractivity contribution in [2.45, 2.75) is 26.3 Å². The maximum absolute atomic E-state index is 9.46. The van der Waals surface area contributed by atoms with Gasteiger partial charge in [0, 0.05) is 12.5 Å². The van der Waals surface area contributed by atoms with Crippen molar-refractivity contribution in [1.29, 1.82) is 0 Å². The van der Waals surface area contributed by atoms with Crippen molar-refractivity contribution in [1.82, 2.24) is 4.98 Å². The van der Waals surface area contributed by atoms with Crippen LogP contribution < -0.4 is 15.4 Å². The summed E-state index contributed by atoms with van der Waals surface area (Å²) >= 11 is 0. The number of carbonyl (C=O) groups is 1. The van der Waals surface area contributed by atoms with E-state index in [1.165, 1.54) is 12.7 Å². The van der Waals surface area contributed by atoms with Gasteiger partial charge in [0.05, 0.1) is 13.0 Å². The topological polar surface area (TPSA) is 85.8 Å². The van der Waals surface area contributed by atoms with Crippen molar-refractivity contribution in [3.8, 4) is 0 Å². The highest BCUT2D eigenvalue weighted by Crippen LogP contribution is 1.82. The number of aromatic amines is 1. The van der Waals surface area contributed by atoms with E-state index >= 15 is 0 Å². The van der Waals surface area contributed by atoms with Gasteiger partial charge in [0.25, 0.3) is 5.82 Å². The summed E-state index contributed by atoms with van der Waals surface area (Å²) in [5, 5.41) is 9.46. The van der Waals surface area contributed by atoms with E-state index in [9.17, 15) is 9.90 Å². The number of rotatable bonds is 2. The Labute approximate surface area is 83.6 Å². The average molecular weight is 199 g/mol.